The zero-order valence-corrected chi connectivity index (χ0v) is 12.2. The van der Waals surface area contributed by atoms with E-state index in [0.29, 0.717) is 6.42 Å². The summed E-state index contributed by atoms with van der Waals surface area (Å²) >= 11 is 0. The molecule has 2 heterocycles. The lowest BCUT2D eigenvalue weighted by atomic mass is 10.3. The second kappa shape index (κ2) is 5.19. The number of β-amino-alcohol motifs (C(OH)–C–C–N with tert-alkyl or cyclic N) is 1. The molecule has 0 radical (unpaired) electrons. The minimum absolute atomic E-state index is 0.0438. The van der Waals surface area contributed by atoms with Crippen LogP contribution in [0.1, 0.15) is 36.8 Å². The molecule has 112 valence electrons. The SMILES string of the molecule is CC(C)n1cc(S(=O)(=O)N2CC[C@H](O)C2)cc1C(=O)O. The Hall–Kier alpha value is -1.38. The summed E-state index contributed by atoms with van der Waals surface area (Å²) in [4.78, 5) is 11.1. The number of carboxylic acid groups (broad SMARTS) is 1. The van der Waals surface area contributed by atoms with Gasteiger partial charge in [0.25, 0.3) is 0 Å². The summed E-state index contributed by atoms with van der Waals surface area (Å²) in [5.41, 5.74) is -0.0571. The van der Waals surface area contributed by atoms with Gasteiger partial charge in [-0.25, -0.2) is 13.2 Å². The number of aromatic carboxylic acids is 1. The monoisotopic (exact) mass is 302 g/mol. The number of nitrogens with zero attached hydrogens (tertiary/aromatic N) is 2. The van der Waals surface area contributed by atoms with Crippen LogP contribution in [0.2, 0.25) is 0 Å². The highest BCUT2D eigenvalue weighted by Crippen LogP contribution is 2.25. The van der Waals surface area contributed by atoms with Gasteiger partial charge in [-0.1, -0.05) is 0 Å². The molecule has 0 aliphatic carbocycles. The molecule has 7 nitrogen and oxygen atoms in total. The van der Waals surface area contributed by atoms with Crippen LogP contribution in [0.25, 0.3) is 0 Å². The minimum Gasteiger partial charge on any atom is -0.477 e. The van der Waals surface area contributed by atoms with E-state index in [2.05, 4.69) is 0 Å². The average molecular weight is 302 g/mol. The Labute approximate surface area is 117 Å². The Morgan fingerprint density at radius 3 is 2.50 bits per heavy atom. The minimum atomic E-state index is -3.75. The molecule has 1 aliphatic rings. The standard InChI is InChI=1S/C12H18N2O5S/c1-8(2)14-7-10(5-11(14)12(16)17)20(18,19)13-4-3-9(15)6-13/h5,7-9,15H,3-4,6H2,1-2H3,(H,16,17)/t9-/m0/s1. The third kappa shape index (κ3) is 2.58. The highest BCUT2D eigenvalue weighted by atomic mass is 32.2. The van der Waals surface area contributed by atoms with Gasteiger partial charge in [0.05, 0.1) is 6.10 Å². The molecule has 1 fully saturated rings. The van der Waals surface area contributed by atoms with E-state index < -0.39 is 22.1 Å². The number of carboxylic acids is 1. The first-order valence-electron chi connectivity index (χ1n) is 6.37. The molecule has 1 aromatic heterocycles. The third-order valence-corrected chi connectivity index (χ3v) is 5.19. The summed E-state index contributed by atoms with van der Waals surface area (Å²) in [6, 6.07) is 1.01. The Morgan fingerprint density at radius 2 is 2.10 bits per heavy atom. The smallest absolute Gasteiger partial charge is 0.352 e. The molecule has 0 spiro atoms. The predicted molar refractivity (Wildman–Crippen MR) is 71.2 cm³/mol. The fraction of sp³-hybridized carbons (Fsp3) is 0.583. The first-order chi connectivity index (χ1) is 9.23. The first kappa shape index (κ1) is 15.0. The molecule has 0 unspecified atom stereocenters. The maximum absolute atomic E-state index is 12.4. The van der Waals surface area contributed by atoms with Gasteiger partial charge in [-0.3, -0.25) is 0 Å². The summed E-state index contributed by atoms with van der Waals surface area (Å²) < 4.78 is 27.4. The van der Waals surface area contributed by atoms with Crippen molar-refractivity contribution in [3.05, 3.63) is 18.0 Å². The van der Waals surface area contributed by atoms with Crippen molar-refractivity contribution in [3.8, 4) is 0 Å². The number of hydrogen-bond acceptors (Lipinski definition) is 4. The zero-order chi connectivity index (χ0) is 15.1. The number of aromatic nitrogens is 1. The van der Waals surface area contributed by atoms with E-state index in [1.807, 2.05) is 0 Å². The lowest BCUT2D eigenvalue weighted by Crippen LogP contribution is -2.29. The maximum atomic E-state index is 12.4. The van der Waals surface area contributed by atoms with Gasteiger partial charge in [-0.05, 0) is 26.3 Å². The summed E-state index contributed by atoms with van der Waals surface area (Å²) in [5, 5.41) is 18.6. The maximum Gasteiger partial charge on any atom is 0.352 e. The summed E-state index contributed by atoms with van der Waals surface area (Å²) in [6.45, 7) is 3.86. The second-order valence-electron chi connectivity index (χ2n) is 5.17. The van der Waals surface area contributed by atoms with Gasteiger partial charge < -0.3 is 14.8 Å². The van der Waals surface area contributed by atoms with E-state index in [1.54, 1.807) is 13.8 Å². The van der Waals surface area contributed by atoms with Crippen molar-refractivity contribution in [3.63, 3.8) is 0 Å². The van der Waals surface area contributed by atoms with Crippen LogP contribution >= 0.6 is 0 Å². The van der Waals surface area contributed by atoms with Gasteiger partial charge in [-0.15, -0.1) is 0 Å². The number of carbonyl (C=O) groups is 1. The fourth-order valence-electron chi connectivity index (χ4n) is 2.27. The van der Waals surface area contributed by atoms with Crippen LogP contribution in [-0.2, 0) is 10.0 Å². The van der Waals surface area contributed by atoms with Gasteiger partial charge in [0.2, 0.25) is 10.0 Å². The van der Waals surface area contributed by atoms with Crippen LogP contribution in [-0.4, -0.2) is 52.7 Å². The molecular weight excluding hydrogens is 284 g/mol. The van der Waals surface area contributed by atoms with Gasteiger partial charge in [0, 0.05) is 25.3 Å². The van der Waals surface area contributed by atoms with E-state index in [0.717, 1.165) is 0 Å². The molecule has 0 aromatic carbocycles. The molecule has 1 atom stereocenters. The predicted octanol–water partition coefficient (Wildman–Crippen LogP) is 0.522. The number of aliphatic hydroxyl groups excluding tert-OH is 1. The Bertz CT molecular complexity index is 620. The normalized spacial score (nSPS) is 20.7. The number of aliphatic hydroxyl groups is 1. The van der Waals surface area contributed by atoms with Gasteiger partial charge in [-0.2, -0.15) is 4.31 Å². The van der Waals surface area contributed by atoms with Crippen LogP contribution < -0.4 is 0 Å². The molecule has 1 aromatic rings. The van der Waals surface area contributed by atoms with E-state index >= 15 is 0 Å². The van der Waals surface area contributed by atoms with Crippen LogP contribution in [0, 0.1) is 0 Å². The number of hydrogen-bond donors (Lipinski definition) is 2. The number of rotatable bonds is 4. The highest BCUT2D eigenvalue weighted by Gasteiger charge is 2.33. The van der Waals surface area contributed by atoms with Gasteiger partial charge in [0.15, 0.2) is 0 Å². The topological polar surface area (TPSA) is 99.8 Å². The quantitative estimate of drug-likeness (QED) is 0.844. The van der Waals surface area contributed by atoms with E-state index in [4.69, 9.17) is 5.11 Å². The summed E-state index contributed by atoms with van der Waals surface area (Å²) in [7, 11) is -3.75. The largest absolute Gasteiger partial charge is 0.477 e. The van der Waals surface area contributed by atoms with E-state index in [9.17, 15) is 18.3 Å². The van der Waals surface area contributed by atoms with Crippen LogP contribution in [0.5, 0.6) is 0 Å². The molecule has 0 bridgehead atoms. The molecule has 2 rings (SSSR count). The van der Waals surface area contributed by atoms with Crippen molar-refractivity contribution in [2.24, 2.45) is 0 Å². The lowest BCUT2D eigenvalue weighted by molar-refractivity contribution is 0.0683. The van der Waals surface area contributed by atoms with Gasteiger partial charge >= 0.3 is 5.97 Å². The third-order valence-electron chi connectivity index (χ3n) is 3.36. The van der Waals surface area contributed by atoms with E-state index in [-0.39, 0.29) is 29.7 Å². The van der Waals surface area contributed by atoms with Crippen molar-refractivity contribution in [2.45, 2.75) is 37.3 Å². The zero-order valence-electron chi connectivity index (χ0n) is 11.4. The lowest BCUT2D eigenvalue weighted by Gasteiger charge is -2.14. The van der Waals surface area contributed by atoms with Crippen molar-refractivity contribution < 1.29 is 23.4 Å². The molecule has 2 N–H and O–H groups in total. The molecule has 8 heteroatoms. The van der Waals surface area contributed by atoms with Gasteiger partial charge in [0.1, 0.15) is 10.6 Å². The van der Waals surface area contributed by atoms with Crippen molar-refractivity contribution >= 4 is 16.0 Å². The van der Waals surface area contributed by atoms with Crippen molar-refractivity contribution in [1.29, 1.82) is 0 Å². The molecule has 0 amide bonds. The average Bonchev–Trinajstić information content (AvgIpc) is 2.94. The van der Waals surface area contributed by atoms with Crippen LogP contribution in [0.4, 0.5) is 0 Å². The molecule has 20 heavy (non-hydrogen) atoms. The first-order valence-corrected chi connectivity index (χ1v) is 7.81. The molecule has 1 aliphatic heterocycles. The number of sulfonamides is 1. The van der Waals surface area contributed by atoms with Crippen molar-refractivity contribution in [1.82, 2.24) is 8.87 Å². The summed E-state index contributed by atoms with van der Waals surface area (Å²) in [6.07, 6.45) is 1.08. The molecular formula is C12H18N2O5S. The summed E-state index contributed by atoms with van der Waals surface area (Å²) in [5.74, 6) is -1.17. The van der Waals surface area contributed by atoms with Crippen molar-refractivity contribution in [2.75, 3.05) is 13.1 Å². The van der Waals surface area contributed by atoms with Crippen LogP contribution in [0.3, 0.4) is 0 Å². The van der Waals surface area contributed by atoms with E-state index in [1.165, 1.54) is 21.1 Å². The molecule has 0 saturated carbocycles. The van der Waals surface area contributed by atoms with Crippen LogP contribution in [0.15, 0.2) is 17.2 Å². The second-order valence-corrected chi connectivity index (χ2v) is 7.11. The fourth-order valence-corrected chi connectivity index (χ4v) is 3.79. The Kier molecular flexibility index (Phi) is 3.90. The molecule has 1 saturated heterocycles. The highest BCUT2D eigenvalue weighted by molar-refractivity contribution is 7.89. The Morgan fingerprint density at radius 1 is 1.45 bits per heavy atom. The Balaban J connectivity index is 2.42.